The highest BCUT2D eigenvalue weighted by atomic mass is 32.2. The highest BCUT2D eigenvalue weighted by Crippen LogP contribution is 2.21. The molecule has 0 radical (unpaired) electrons. The summed E-state index contributed by atoms with van der Waals surface area (Å²) in [6.07, 6.45) is 3.38. The highest BCUT2D eigenvalue weighted by Gasteiger charge is 2.11. The van der Waals surface area contributed by atoms with E-state index in [1.807, 2.05) is 37.4 Å². The molecule has 0 saturated heterocycles. The summed E-state index contributed by atoms with van der Waals surface area (Å²) in [6, 6.07) is 7.84. The average molecular weight is 304 g/mol. The molecule has 1 heterocycles. The lowest BCUT2D eigenvalue weighted by molar-refractivity contribution is 0.314. The molecule has 5 heteroatoms. The first-order chi connectivity index (χ1) is 10.2. The van der Waals surface area contributed by atoms with Gasteiger partial charge in [-0.15, -0.1) is 0 Å². The minimum atomic E-state index is -0.0721. The summed E-state index contributed by atoms with van der Waals surface area (Å²) in [5.74, 6) is 0.840. The molecule has 4 nitrogen and oxygen atoms in total. The SMILES string of the molecule is CCCOc1ccccc1Cc1c(C)nc(SC)[nH]c1=O. The molecule has 1 N–H and O–H groups in total. The number of thioether (sulfide) groups is 1. The maximum atomic E-state index is 12.2. The number of rotatable bonds is 6. The third kappa shape index (κ3) is 3.88. The number of para-hydroxylation sites is 1. The Labute approximate surface area is 129 Å². The quantitative estimate of drug-likeness (QED) is 0.658. The Morgan fingerprint density at radius 2 is 2.10 bits per heavy atom. The molecule has 0 fully saturated rings. The number of nitrogens with one attached hydrogen (secondary N) is 1. The number of aromatic nitrogens is 2. The maximum Gasteiger partial charge on any atom is 0.255 e. The Kier molecular flexibility index (Phi) is 5.44. The monoisotopic (exact) mass is 304 g/mol. The van der Waals surface area contributed by atoms with Crippen LogP contribution in [0.2, 0.25) is 0 Å². The number of hydrogen-bond donors (Lipinski definition) is 1. The van der Waals surface area contributed by atoms with Crippen LogP contribution in [0.4, 0.5) is 0 Å². The summed E-state index contributed by atoms with van der Waals surface area (Å²) < 4.78 is 5.75. The van der Waals surface area contributed by atoms with Gasteiger partial charge in [0.05, 0.1) is 6.61 Å². The third-order valence-corrected chi connectivity index (χ3v) is 3.78. The molecule has 2 rings (SSSR count). The van der Waals surface area contributed by atoms with Crippen molar-refractivity contribution >= 4 is 11.8 Å². The van der Waals surface area contributed by atoms with Gasteiger partial charge >= 0.3 is 0 Å². The maximum absolute atomic E-state index is 12.2. The molecule has 0 bridgehead atoms. The fourth-order valence-corrected chi connectivity index (χ4v) is 2.51. The first-order valence-electron chi connectivity index (χ1n) is 7.00. The normalized spacial score (nSPS) is 10.6. The van der Waals surface area contributed by atoms with Gasteiger partial charge in [0.1, 0.15) is 5.75 Å². The second kappa shape index (κ2) is 7.31. The molecule has 1 aromatic carbocycles. The van der Waals surface area contributed by atoms with Gasteiger partial charge in [0.2, 0.25) is 0 Å². The van der Waals surface area contributed by atoms with Crippen molar-refractivity contribution in [3.8, 4) is 5.75 Å². The summed E-state index contributed by atoms with van der Waals surface area (Å²) in [4.78, 5) is 19.4. The van der Waals surface area contributed by atoms with Crippen LogP contribution >= 0.6 is 11.8 Å². The molecule has 0 saturated carbocycles. The largest absolute Gasteiger partial charge is 0.493 e. The molecule has 112 valence electrons. The molecule has 1 aromatic heterocycles. The van der Waals surface area contributed by atoms with Crippen molar-refractivity contribution in [3.63, 3.8) is 0 Å². The second-order valence-electron chi connectivity index (χ2n) is 4.77. The van der Waals surface area contributed by atoms with Gasteiger partial charge in [-0.1, -0.05) is 36.9 Å². The minimum Gasteiger partial charge on any atom is -0.493 e. The number of ether oxygens (including phenoxy) is 1. The van der Waals surface area contributed by atoms with Gasteiger partial charge in [-0.3, -0.25) is 4.79 Å². The standard InChI is InChI=1S/C16H20N2O2S/c1-4-9-20-14-8-6-5-7-12(14)10-13-11(2)17-16(21-3)18-15(13)19/h5-8H,4,9-10H2,1-3H3,(H,17,18,19). The predicted molar refractivity (Wildman–Crippen MR) is 86.4 cm³/mol. The Balaban J connectivity index is 2.32. The van der Waals surface area contributed by atoms with Crippen LogP contribution in [-0.2, 0) is 6.42 Å². The van der Waals surface area contributed by atoms with Gasteiger partial charge in [0.15, 0.2) is 5.16 Å². The van der Waals surface area contributed by atoms with E-state index in [9.17, 15) is 4.79 Å². The second-order valence-corrected chi connectivity index (χ2v) is 5.57. The lowest BCUT2D eigenvalue weighted by Gasteiger charge is -2.11. The molecule has 0 aliphatic rings. The molecule has 0 aliphatic carbocycles. The first kappa shape index (κ1) is 15.6. The Bertz CT molecular complexity index is 668. The predicted octanol–water partition coefficient (Wildman–Crippen LogP) is 3.18. The zero-order valence-electron chi connectivity index (χ0n) is 12.6. The van der Waals surface area contributed by atoms with Crippen LogP contribution in [0, 0.1) is 6.92 Å². The van der Waals surface area contributed by atoms with Crippen molar-refractivity contribution in [2.45, 2.75) is 31.8 Å². The van der Waals surface area contributed by atoms with Crippen LogP contribution in [0.15, 0.2) is 34.2 Å². The van der Waals surface area contributed by atoms with E-state index in [0.29, 0.717) is 23.7 Å². The fraction of sp³-hybridized carbons (Fsp3) is 0.375. The zero-order chi connectivity index (χ0) is 15.2. The van der Waals surface area contributed by atoms with Gasteiger partial charge in [0.25, 0.3) is 5.56 Å². The van der Waals surface area contributed by atoms with E-state index in [2.05, 4.69) is 16.9 Å². The van der Waals surface area contributed by atoms with E-state index in [0.717, 1.165) is 23.4 Å². The lowest BCUT2D eigenvalue weighted by Crippen LogP contribution is -2.17. The third-order valence-electron chi connectivity index (χ3n) is 3.20. The van der Waals surface area contributed by atoms with Gasteiger partial charge < -0.3 is 9.72 Å². The highest BCUT2D eigenvalue weighted by molar-refractivity contribution is 7.98. The smallest absolute Gasteiger partial charge is 0.255 e. The summed E-state index contributed by atoms with van der Waals surface area (Å²) in [5.41, 5.74) is 2.41. The number of H-pyrrole nitrogens is 1. The molecular weight excluding hydrogens is 284 g/mol. The molecule has 0 aliphatic heterocycles. The van der Waals surface area contributed by atoms with Crippen LogP contribution in [0.1, 0.15) is 30.2 Å². The van der Waals surface area contributed by atoms with Crippen molar-refractivity contribution in [1.29, 1.82) is 0 Å². The van der Waals surface area contributed by atoms with Gasteiger partial charge in [-0.25, -0.2) is 4.98 Å². The van der Waals surface area contributed by atoms with Crippen LogP contribution in [-0.4, -0.2) is 22.8 Å². The minimum absolute atomic E-state index is 0.0721. The molecule has 2 aromatic rings. The van der Waals surface area contributed by atoms with E-state index in [1.54, 1.807) is 0 Å². The topological polar surface area (TPSA) is 55.0 Å². The summed E-state index contributed by atoms with van der Waals surface area (Å²) in [5, 5.41) is 0.650. The molecule has 21 heavy (non-hydrogen) atoms. The molecular formula is C16H20N2O2S. The fourth-order valence-electron chi connectivity index (χ4n) is 2.08. The molecule has 0 unspecified atom stereocenters. The summed E-state index contributed by atoms with van der Waals surface area (Å²) >= 11 is 1.44. The Morgan fingerprint density at radius 1 is 1.33 bits per heavy atom. The number of aryl methyl sites for hydroxylation is 1. The molecule has 0 amide bonds. The Hall–Kier alpha value is -1.75. The van der Waals surface area contributed by atoms with Gasteiger partial charge in [-0.2, -0.15) is 0 Å². The van der Waals surface area contributed by atoms with E-state index < -0.39 is 0 Å². The van der Waals surface area contributed by atoms with Crippen LogP contribution < -0.4 is 10.3 Å². The number of nitrogens with zero attached hydrogens (tertiary/aromatic N) is 1. The van der Waals surface area contributed by atoms with E-state index in [-0.39, 0.29) is 5.56 Å². The van der Waals surface area contributed by atoms with E-state index >= 15 is 0 Å². The number of aromatic amines is 1. The first-order valence-corrected chi connectivity index (χ1v) is 8.22. The number of benzene rings is 1. The van der Waals surface area contributed by atoms with Crippen LogP contribution in [0.5, 0.6) is 5.75 Å². The zero-order valence-corrected chi connectivity index (χ0v) is 13.4. The lowest BCUT2D eigenvalue weighted by atomic mass is 10.0. The van der Waals surface area contributed by atoms with Crippen molar-refractivity contribution in [2.24, 2.45) is 0 Å². The van der Waals surface area contributed by atoms with E-state index in [1.165, 1.54) is 11.8 Å². The van der Waals surface area contributed by atoms with Crippen molar-refractivity contribution in [1.82, 2.24) is 9.97 Å². The summed E-state index contributed by atoms with van der Waals surface area (Å²) in [7, 11) is 0. The van der Waals surface area contributed by atoms with Crippen LogP contribution in [0.25, 0.3) is 0 Å². The Morgan fingerprint density at radius 3 is 2.76 bits per heavy atom. The van der Waals surface area contributed by atoms with Crippen molar-refractivity contribution in [3.05, 3.63) is 51.4 Å². The average Bonchev–Trinajstić information content (AvgIpc) is 2.49. The molecule has 0 atom stereocenters. The van der Waals surface area contributed by atoms with Crippen molar-refractivity contribution in [2.75, 3.05) is 12.9 Å². The van der Waals surface area contributed by atoms with Crippen molar-refractivity contribution < 1.29 is 4.74 Å². The van der Waals surface area contributed by atoms with E-state index in [4.69, 9.17) is 4.74 Å². The van der Waals surface area contributed by atoms with Gasteiger partial charge in [-0.05, 0) is 31.2 Å². The van der Waals surface area contributed by atoms with Gasteiger partial charge in [0, 0.05) is 17.7 Å². The number of hydrogen-bond acceptors (Lipinski definition) is 4. The summed E-state index contributed by atoms with van der Waals surface area (Å²) in [6.45, 7) is 4.62. The van der Waals surface area contributed by atoms with Crippen LogP contribution in [0.3, 0.4) is 0 Å². The molecule has 0 spiro atoms.